The first-order valence-corrected chi connectivity index (χ1v) is 3.84. The van der Waals surface area contributed by atoms with Crippen LogP contribution in [0.2, 0.25) is 0 Å². The molecule has 0 aliphatic carbocycles. The Balaban J connectivity index is 3.21. The summed E-state index contributed by atoms with van der Waals surface area (Å²) in [4.78, 5) is 12.7. The van der Waals surface area contributed by atoms with E-state index < -0.39 is 0 Å². The molecule has 0 saturated heterocycles. The average molecular weight is 143 g/mol. The lowest BCUT2D eigenvalue weighted by molar-refractivity contribution is -0.117. The maximum absolute atomic E-state index is 10.5. The molecule has 0 bridgehead atoms. The highest BCUT2D eigenvalue weighted by molar-refractivity contribution is 5.75. The van der Waals surface area contributed by atoms with Gasteiger partial charge in [-0.2, -0.15) is 0 Å². The molecule has 0 unspecified atom stereocenters. The van der Waals surface area contributed by atoms with E-state index >= 15 is 0 Å². The number of ketones is 1. The third-order valence-electron chi connectivity index (χ3n) is 1.45. The standard InChI is InChI=1S/C8H17NO/c1-4-6-9(3)7-5-8(2)10/h4-7H2,1-3H3. The van der Waals surface area contributed by atoms with Gasteiger partial charge in [0, 0.05) is 13.0 Å². The molecule has 2 nitrogen and oxygen atoms in total. The van der Waals surface area contributed by atoms with Crippen molar-refractivity contribution in [2.45, 2.75) is 26.7 Å². The van der Waals surface area contributed by atoms with Crippen LogP contribution in [0.3, 0.4) is 0 Å². The molecule has 0 spiro atoms. The van der Waals surface area contributed by atoms with Gasteiger partial charge in [-0.05, 0) is 26.9 Å². The van der Waals surface area contributed by atoms with Crippen LogP contribution >= 0.6 is 0 Å². The molecular formula is C8H17NO. The van der Waals surface area contributed by atoms with Crippen molar-refractivity contribution in [2.24, 2.45) is 0 Å². The molecule has 0 aliphatic heterocycles. The highest BCUT2D eigenvalue weighted by Crippen LogP contribution is 1.89. The summed E-state index contributed by atoms with van der Waals surface area (Å²) < 4.78 is 0. The predicted octanol–water partition coefficient (Wildman–Crippen LogP) is 1.31. The fourth-order valence-corrected chi connectivity index (χ4v) is 0.842. The molecule has 0 N–H and O–H groups in total. The Hall–Kier alpha value is -0.370. The van der Waals surface area contributed by atoms with Crippen molar-refractivity contribution in [3.8, 4) is 0 Å². The van der Waals surface area contributed by atoms with Gasteiger partial charge < -0.3 is 4.90 Å². The molecule has 10 heavy (non-hydrogen) atoms. The molecule has 0 amide bonds. The maximum atomic E-state index is 10.5. The minimum atomic E-state index is 0.281. The van der Waals surface area contributed by atoms with Crippen LogP contribution in [0.4, 0.5) is 0 Å². The van der Waals surface area contributed by atoms with Crippen LogP contribution in [0.1, 0.15) is 26.7 Å². The zero-order valence-corrected chi connectivity index (χ0v) is 7.18. The number of rotatable bonds is 5. The highest BCUT2D eigenvalue weighted by atomic mass is 16.1. The Morgan fingerprint density at radius 2 is 2.00 bits per heavy atom. The van der Waals surface area contributed by atoms with E-state index in [1.807, 2.05) is 7.05 Å². The van der Waals surface area contributed by atoms with Crippen molar-refractivity contribution in [1.29, 1.82) is 0 Å². The van der Waals surface area contributed by atoms with Gasteiger partial charge in [-0.25, -0.2) is 0 Å². The zero-order chi connectivity index (χ0) is 7.98. The maximum Gasteiger partial charge on any atom is 0.131 e. The summed E-state index contributed by atoms with van der Waals surface area (Å²) >= 11 is 0. The molecule has 0 aromatic heterocycles. The summed E-state index contributed by atoms with van der Waals surface area (Å²) in [6.45, 7) is 5.78. The molecule has 0 heterocycles. The van der Waals surface area contributed by atoms with E-state index in [1.165, 1.54) is 0 Å². The third-order valence-corrected chi connectivity index (χ3v) is 1.45. The lowest BCUT2D eigenvalue weighted by atomic mass is 10.3. The lowest BCUT2D eigenvalue weighted by Gasteiger charge is -2.13. The van der Waals surface area contributed by atoms with Crippen LogP contribution in [0.25, 0.3) is 0 Å². The fraction of sp³-hybridized carbons (Fsp3) is 0.875. The van der Waals surface area contributed by atoms with E-state index in [1.54, 1.807) is 6.92 Å². The van der Waals surface area contributed by atoms with Crippen LogP contribution in [0.15, 0.2) is 0 Å². The second-order valence-electron chi connectivity index (χ2n) is 2.76. The molecule has 2 heteroatoms. The first-order valence-electron chi connectivity index (χ1n) is 3.84. The normalized spacial score (nSPS) is 10.4. The topological polar surface area (TPSA) is 20.3 Å². The minimum absolute atomic E-state index is 0.281. The molecule has 0 aliphatic rings. The number of Topliss-reactive ketones (excluding diaryl/α,β-unsaturated/α-hetero) is 1. The second kappa shape index (κ2) is 5.42. The Morgan fingerprint density at radius 1 is 1.40 bits per heavy atom. The first-order chi connectivity index (χ1) is 4.66. The second-order valence-corrected chi connectivity index (χ2v) is 2.76. The molecule has 0 rings (SSSR count). The Kier molecular flexibility index (Phi) is 5.22. The van der Waals surface area contributed by atoms with Gasteiger partial charge in [0.25, 0.3) is 0 Å². The first kappa shape index (κ1) is 9.63. The van der Waals surface area contributed by atoms with E-state index in [0.29, 0.717) is 6.42 Å². The van der Waals surface area contributed by atoms with Crippen LogP contribution in [0.5, 0.6) is 0 Å². The Morgan fingerprint density at radius 3 is 2.40 bits per heavy atom. The monoisotopic (exact) mass is 143 g/mol. The molecule has 0 radical (unpaired) electrons. The van der Waals surface area contributed by atoms with E-state index in [4.69, 9.17) is 0 Å². The predicted molar refractivity (Wildman–Crippen MR) is 43.1 cm³/mol. The van der Waals surface area contributed by atoms with Crippen molar-refractivity contribution in [3.05, 3.63) is 0 Å². The van der Waals surface area contributed by atoms with Crippen molar-refractivity contribution in [2.75, 3.05) is 20.1 Å². The summed E-state index contributed by atoms with van der Waals surface area (Å²) in [5.41, 5.74) is 0. The van der Waals surface area contributed by atoms with E-state index in [0.717, 1.165) is 19.5 Å². The van der Waals surface area contributed by atoms with Gasteiger partial charge in [0.2, 0.25) is 0 Å². The van der Waals surface area contributed by atoms with Gasteiger partial charge in [0.1, 0.15) is 5.78 Å². The smallest absolute Gasteiger partial charge is 0.131 e. The van der Waals surface area contributed by atoms with Crippen molar-refractivity contribution >= 4 is 5.78 Å². The third kappa shape index (κ3) is 5.76. The quantitative estimate of drug-likeness (QED) is 0.578. The number of nitrogens with zero attached hydrogens (tertiary/aromatic N) is 1. The summed E-state index contributed by atoms with van der Waals surface area (Å²) in [5.74, 6) is 0.281. The molecule has 0 aromatic rings. The summed E-state index contributed by atoms with van der Waals surface area (Å²) in [5, 5.41) is 0. The van der Waals surface area contributed by atoms with Gasteiger partial charge in [0.15, 0.2) is 0 Å². The van der Waals surface area contributed by atoms with Gasteiger partial charge in [-0.3, -0.25) is 4.79 Å². The van der Waals surface area contributed by atoms with Gasteiger partial charge in [0.05, 0.1) is 0 Å². The fourth-order valence-electron chi connectivity index (χ4n) is 0.842. The zero-order valence-electron chi connectivity index (χ0n) is 7.18. The van der Waals surface area contributed by atoms with Crippen LogP contribution in [-0.2, 0) is 4.79 Å². The SMILES string of the molecule is CCCN(C)CCC(C)=O. The molecular weight excluding hydrogens is 126 g/mol. The van der Waals surface area contributed by atoms with Crippen LogP contribution in [-0.4, -0.2) is 30.8 Å². The number of carbonyl (C=O) groups excluding carboxylic acids is 1. The lowest BCUT2D eigenvalue weighted by Crippen LogP contribution is -2.21. The molecule has 0 atom stereocenters. The van der Waals surface area contributed by atoms with E-state index in [9.17, 15) is 4.79 Å². The largest absolute Gasteiger partial charge is 0.306 e. The van der Waals surface area contributed by atoms with Gasteiger partial charge in [-0.15, -0.1) is 0 Å². The molecule has 0 fully saturated rings. The van der Waals surface area contributed by atoms with E-state index in [2.05, 4.69) is 11.8 Å². The summed E-state index contributed by atoms with van der Waals surface area (Å²) in [6, 6.07) is 0. The summed E-state index contributed by atoms with van der Waals surface area (Å²) in [6.07, 6.45) is 1.85. The number of hydrogen-bond acceptors (Lipinski definition) is 2. The number of carbonyl (C=O) groups is 1. The molecule has 60 valence electrons. The minimum Gasteiger partial charge on any atom is -0.306 e. The van der Waals surface area contributed by atoms with Crippen LogP contribution < -0.4 is 0 Å². The molecule has 0 aromatic carbocycles. The van der Waals surface area contributed by atoms with Gasteiger partial charge >= 0.3 is 0 Å². The Bertz CT molecular complexity index is 101. The average Bonchev–Trinajstić information content (AvgIpc) is 1.85. The highest BCUT2D eigenvalue weighted by Gasteiger charge is 1.97. The Labute approximate surface area is 63.2 Å². The van der Waals surface area contributed by atoms with Crippen LogP contribution in [0, 0.1) is 0 Å². The van der Waals surface area contributed by atoms with Crippen molar-refractivity contribution in [1.82, 2.24) is 4.90 Å². The van der Waals surface area contributed by atoms with Gasteiger partial charge in [-0.1, -0.05) is 6.92 Å². The molecule has 0 saturated carbocycles. The number of hydrogen-bond donors (Lipinski definition) is 0. The van der Waals surface area contributed by atoms with Crippen molar-refractivity contribution in [3.63, 3.8) is 0 Å². The van der Waals surface area contributed by atoms with Crippen molar-refractivity contribution < 1.29 is 4.79 Å². The summed E-state index contributed by atoms with van der Waals surface area (Å²) in [7, 11) is 2.05. The van der Waals surface area contributed by atoms with E-state index in [-0.39, 0.29) is 5.78 Å².